The van der Waals surface area contributed by atoms with Crippen molar-refractivity contribution in [1.29, 1.82) is 0 Å². The lowest BCUT2D eigenvalue weighted by Gasteiger charge is -2.31. The largest absolute Gasteiger partial charge is 0.469 e. The Morgan fingerprint density at radius 2 is 2.15 bits per heavy atom. The Morgan fingerprint density at radius 1 is 1.40 bits per heavy atom. The number of piperidine rings is 1. The summed E-state index contributed by atoms with van der Waals surface area (Å²) in [5.41, 5.74) is 1.37. The third-order valence-corrected chi connectivity index (χ3v) is 4.17. The van der Waals surface area contributed by atoms with Gasteiger partial charge in [0, 0.05) is 13.1 Å². The highest BCUT2D eigenvalue weighted by atomic mass is 35.5. The summed E-state index contributed by atoms with van der Waals surface area (Å²) in [6.07, 6.45) is 1.56. The first kappa shape index (κ1) is 14.9. The maximum absolute atomic E-state index is 12.5. The molecule has 1 aliphatic heterocycles. The SMILES string of the molecule is COC(=O)[C@H]1CCCN(C(=O)c2cccc(C)c2Cl)C1. The molecule has 0 unspecified atom stereocenters. The van der Waals surface area contributed by atoms with Gasteiger partial charge < -0.3 is 9.64 Å². The van der Waals surface area contributed by atoms with Gasteiger partial charge in [0.15, 0.2) is 0 Å². The van der Waals surface area contributed by atoms with Crippen LogP contribution in [0.1, 0.15) is 28.8 Å². The average molecular weight is 296 g/mol. The van der Waals surface area contributed by atoms with Crippen molar-refractivity contribution in [3.63, 3.8) is 0 Å². The van der Waals surface area contributed by atoms with Crippen molar-refractivity contribution < 1.29 is 14.3 Å². The first-order chi connectivity index (χ1) is 9.54. The average Bonchev–Trinajstić information content (AvgIpc) is 2.48. The standard InChI is InChI=1S/C15H18ClNO3/c1-10-5-3-7-12(13(10)16)14(18)17-8-4-6-11(9-17)15(19)20-2/h3,5,7,11H,4,6,8-9H2,1-2H3/t11-/m0/s1. The zero-order valence-corrected chi connectivity index (χ0v) is 12.4. The summed E-state index contributed by atoms with van der Waals surface area (Å²) in [6, 6.07) is 5.40. The minimum Gasteiger partial charge on any atom is -0.469 e. The zero-order valence-electron chi connectivity index (χ0n) is 11.7. The van der Waals surface area contributed by atoms with Gasteiger partial charge in [0.2, 0.25) is 0 Å². The Morgan fingerprint density at radius 3 is 2.85 bits per heavy atom. The van der Waals surface area contributed by atoms with Gasteiger partial charge >= 0.3 is 5.97 Å². The lowest BCUT2D eigenvalue weighted by Crippen LogP contribution is -2.42. The molecule has 0 bridgehead atoms. The molecule has 0 aliphatic carbocycles. The summed E-state index contributed by atoms with van der Waals surface area (Å²) in [6.45, 7) is 2.92. The molecular weight excluding hydrogens is 278 g/mol. The van der Waals surface area contributed by atoms with Crippen molar-refractivity contribution in [1.82, 2.24) is 4.90 Å². The number of amides is 1. The third-order valence-electron chi connectivity index (χ3n) is 3.67. The fourth-order valence-corrected chi connectivity index (χ4v) is 2.71. The van der Waals surface area contributed by atoms with E-state index in [0.29, 0.717) is 23.7 Å². The van der Waals surface area contributed by atoms with Crippen LogP contribution in [0.25, 0.3) is 0 Å². The van der Waals surface area contributed by atoms with Crippen LogP contribution in [0.5, 0.6) is 0 Å². The van der Waals surface area contributed by atoms with E-state index in [1.165, 1.54) is 7.11 Å². The van der Waals surface area contributed by atoms with Crippen molar-refractivity contribution in [2.24, 2.45) is 5.92 Å². The van der Waals surface area contributed by atoms with Gasteiger partial charge in [-0.3, -0.25) is 9.59 Å². The second-order valence-corrected chi connectivity index (χ2v) is 5.43. The van der Waals surface area contributed by atoms with Crippen LogP contribution in [-0.2, 0) is 9.53 Å². The van der Waals surface area contributed by atoms with Crippen LogP contribution in [0.15, 0.2) is 18.2 Å². The third kappa shape index (κ3) is 2.96. The van der Waals surface area contributed by atoms with Crippen molar-refractivity contribution in [2.75, 3.05) is 20.2 Å². The predicted molar refractivity (Wildman–Crippen MR) is 76.8 cm³/mol. The number of likely N-dealkylation sites (tertiary alicyclic amines) is 1. The van der Waals surface area contributed by atoms with E-state index in [9.17, 15) is 9.59 Å². The molecular formula is C15H18ClNO3. The molecule has 1 amide bonds. The van der Waals surface area contributed by atoms with Crippen LogP contribution in [0.3, 0.4) is 0 Å². The molecule has 1 atom stereocenters. The van der Waals surface area contributed by atoms with Crippen molar-refractivity contribution in [3.8, 4) is 0 Å². The highest BCUT2D eigenvalue weighted by Gasteiger charge is 2.30. The van der Waals surface area contributed by atoms with Crippen LogP contribution in [0, 0.1) is 12.8 Å². The molecule has 1 heterocycles. The first-order valence-electron chi connectivity index (χ1n) is 6.66. The van der Waals surface area contributed by atoms with Gasteiger partial charge in [0.25, 0.3) is 5.91 Å². The number of rotatable bonds is 2. The minimum absolute atomic E-state index is 0.118. The summed E-state index contributed by atoms with van der Waals surface area (Å²) in [5.74, 6) is -0.605. The Kier molecular flexibility index (Phi) is 4.65. The molecule has 5 heteroatoms. The van der Waals surface area contributed by atoms with E-state index >= 15 is 0 Å². The lowest BCUT2D eigenvalue weighted by atomic mass is 9.97. The first-order valence-corrected chi connectivity index (χ1v) is 7.04. The highest BCUT2D eigenvalue weighted by molar-refractivity contribution is 6.34. The maximum Gasteiger partial charge on any atom is 0.310 e. The Balaban J connectivity index is 2.16. The number of methoxy groups -OCH3 is 1. The number of hydrogen-bond acceptors (Lipinski definition) is 3. The number of ether oxygens (including phenoxy) is 1. The summed E-state index contributed by atoms with van der Waals surface area (Å²) >= 11 is 6.19. The number of benzene rings is 1. The second kappa shape index (κ2) is 6.27. The van der Waals surface area contributed by atoms with E-state index < -0.39 is 0 Å². The molecule has 1 fully saturated rings. The Hall–Kier alpha value is -1.55. The minimum atomic E-state index is -0.252. The van der Waals surface area contributed by atoms with Crippen molar-refractivity contribution in [2.45, 2.75) is 19.8 Å². The van der Waals surface area contributed by atoms with E-state index in [2.05, 4.69) is 0 Å². The molecule has 0 N–H and O–H groups in total. The van der Waals surface area contributed by atoms with Gasteiger partial charge in [0.1, 0.15) is 0 Å². The van der Waals surface area contributed by atoms with Crippen LogP contribution in [0.4, 0.5) is 0 Å². The van der Waals surface area contributed by atoms with Crippen LogP contribution >= 0.6 is 11.6 Å². The van der Waals surface area contributed by atoms with Gasteiger partial charge in [-0.1, -0.05) is 23.7 Å². The number of esters is 1. The van der Waals surface area contributed by atoms with Crippen LogP contribution < -0.4 is 0 Å². The van der Waals surface area contributed by atoms with Gasteiger partial charge in [-0.15, -0.1) is 0 Å². The fourth-order valence-electron chi connectivity index (χ4n) is 2.50. The zero-order chi connectivity index (χ0) is 14.7. The molecule has 108 valence electrons. The summed E-state index contributed by atoms with van der Waals surface area (Å²) in [7, 11) is 1.38. The molecule has 4 nitrogen and oxygen atoms in total. The number of carbonyl (C=O) groups excluding carboxylic acids is 2. The fraction of sp³-hybridized carbons (Fsp3) is 0.467. The van der Waals surface area contributed by atoms with E-state index in [0.717, 1.165) is 18.4 Å². The van der Waals surface area contributed by atoms with E-state index in [1.807, 2.05) is 19.1 Å². The van der Waals surface area contributed by atoms with Crippen LogP contribution in [-0.4, -0.2) is 37.0 Å². The molecule has 1 aromatic carbocycles. The number of nitrogens with zero attached hydrogens (tertiary/aromatic N) is 1. The molecule has 0 saturated carbocycles. The predicted octanol–water partition coefficient (Wildman–Crippen LogP) is 2.67. The number of aryl methyl sites for hydroxylation is 1. The molecule has 1 aromatic rings. The van der Waals surface area contributed by atoms with Gasteiger partial charge in [0.05, 0.1) is 23.6 Å². The van der Waals surface area contributed by atoms with Crippen LogP contribution in [0.2, 0.25) is 5.02 Å². The lowest BCUT2D eigenvalue weighted by molar-refractivity contribution is -0.146. The van der Waals surface area contributed by atoms with E-state index in [-0.39, 0.29) is 17.8 Å². The van der Waals surface area contributed by atoms with Gasteiger partial charge in [-0.05, 0) is 31.4 Å². The van der Waals surface area contributed by atoms with Gasteiger partial charge in [-0.2, -0.15) is 0 Å². The maximum atomic E-state index is 12.5. The monoisotopic (exact) mass is 295 g/mol. The molecule has 1 aliphatic rings. The number of hydrogen-bond donors (Lipinski definition) is 0. The van der Waals surface area contributed by atoms with E-state index in [4.69, 9.17) is 16.3 Å². The Labute approximate surface area is 123 Å². The normalized spacial score (nSPS) is 18.8. The summed E-state index contributed by atoms with van der Waals surface area (Å²) in [4.78, 5) is 25.8. The van der Waals surface area contributed by atoms with Crippen molar-refractivity contribution in [3.05, 3.63) is 34.3 Å². The second-order valence-electron chi connectivity index (χ2n) is 5.05. The number of halogens is 1. The summed E-state index contributed by atoms with van der Waals surface area (Å²) in [5, 5.41) is 0.484. The quantitative estimate of drug-likeness (QED) is 0.788. The topological polar surface area (TPSA) is 46.6 Å². The van der Waals surface area contributed by atoms with Crippen molar-refractivity contribution >= 4 is 23.5 Å². The molecule has 0 spiro atoms. The molecule has 0 radical (unpaired) electrons. The molecule has 1 saturated heterocycles. The Bertz CT molecular complexity index is 530. The molecule has 2 rings (SSSR count). The number of carbonyl (C=O) groups is 2. The van der Waals surface area contributed by atoms with Gasteiger partial charge in [-0.25, -0.2) is 0 Å². The van der Waals surface area contributed by atoms with E-state index in [1.54, 1.807) is 11.0 Å². The summed E-state index contributed by atoms with van der Waals surface area (Å²) < 4.78 is 4.76. The smallest absolute Gasteiger partial charge is 0.310 e. The molecule has 0 aromatic heterocycles. The molecule has 20 heavy (non-hydrogen) atoms. The highest BCUT2D eigenvalue weighted by Crippen LogP contribution is 2.25.